The number of aryl methyl sites for hydroxylation is 1. The lowest BCUT2D eigenvalue weighted by Crippen LogP contribution is -2.54. The fraction of sp³-hybridized carbons (Fsp3) is 0.581. The molecule has 1 atom stereocenters. The lowest BCUT2D eigenvalue weighted by Gasteiger charge is -2.27. The summed E-state index contributed by atoms with van der Waals surface area (Å²) < 4.78 is 7.14. The van der Waals surface area contributed by atoms with Crippen molar-refractivity contribution in [2.45, 2.75) is 116 Å². The Morgan fingerprint density at radius 1 is 1.00 bits per heavy atom. The van der Waals surface area contributed by atoms with Gasteiger partial charge in [-0.25, -0.2) is 0 Å². The number of carbonyl (C=O) groups is 5. The van der Waals surface area contributed by atoms with Crippen LogP contribution in [0.1, 0.15) is 118 Å². The predicted molar refractivity (Wildman–Crippen MR) is 158 cm³/mol. The molecule has 0 saturated carbocycles. The van der Waals surface area contributed by atoms with Crippen molar-refractivity contribution in [3.63, 3.8) is 0 Å². The average molecular weight is 595 g/mol. The van der Waals surface area contributed by atoms with E-state index in [1.165, 1.54) is 6.42 Å². The van der Waals surface area contributed by atoms with E-state index in [4.69, 9.17) is 4.74 Å². The summed E-state index contributed by atoms with van der Waals surface area (Å²) in [6, 6.07) is 3.95. The van der Waals surface area contributed by atoms with Crippen LogP contribution in [0.2, 0.25) is 0 Å². The van der Waals surface area contributed by atoms with Crippen molar-refractivity contribution in [1.29, 1.82) is 0 Å². The van der Waals surface area contributed by atoms with Gasteiger partial charge in [0.05, 0.1) is 23.9 Å². The first-order valence-electron chi connectivity index (χ1n) is 15.2. The summed E-state index contributed by atoms with van der Waals surface area (Å²) in [6.45, 7) is 6.73. The molecule has 0 spiro atoms. The number of nitrogens with zero attached hydrogens (tertiary/aromatic N) is 4. The molecule has 1 unspecified atom stereocenters. The van der Waals surface area contributed by atoms with Gasteiger partial charge in [0.15, 0.2) is 0 Å². The molecular formula is C31H42N6O6. The number of esters is 1. The van der Waals surface area contributed by atoms with Crippen molar-refractivity contribution >= 4 is 35.3 Å². The molecule has 0 aliphatic carbocycles. The number of amides is 4. The molecule has 1 aromatic heterocycles. The molecule has 3 heterocycles. The van der Waals surface area contributed by atoms with Gasteiger partial charge in [0.1, 0.15) is 17.3 Å². The van der Waals surface area contributed by atoms with Crippen molar-refractivity contribution in [2.24, 2.45) is 0 Å². The fourth-order valence-corrected chi connectivity index (χ4v) is 5.37. The van der Waals surface area contributed by atoms with Crippen molar-refractivity contribution in [3.8, 4) is 0 Å². The first kappa shape index (κ1) is 31.8. The molecule has 1 fully saturated rings. The molecule has 1 aromatic carbocycles. The first-order valence-corrected chi connectivity index (χ1v) is 15.2. The van der Waals surface area contributed by atoms with E-state index < -0.39 is 35.3 Å². The number of anilines is 1. The topological polar surface area (TPSA) is 153 Å². The van der Waals surface area contributed by atoms with Gasteiger partial charge in [-0.15, -0.1) is 5.10 Å². The monoisotopic (exact) mass is 594 g/mol. The number of rotatable bonds is 15. The number of imide groups is 2. The van der Waals surface area contributed by atoms with Gasteiger partial charge in [-0.3, -0.25) is 38.9 Å². The number of benzene rings is 1. The largest absolute Gasteiger partial charge is 0.460 e. The molecule has 43 heavy (non-hydrogen) atoms. The molecular weight excluding hydrogens is 552 g/mol. The van der Waals surface area contributed by atoms with Gasteiger partial charge in [0, 0.05) is 25.1 Å². The Bertz CT molecular complexity index is 1350. The zero-order chi connectivity index (χ0) is 31.0. The molecule has 2 aliphatic heterocycles. The number of aromatic nitrogens is 3. The fourth-order valence-electron chi connectivity index (χ4n) is 5.37. The first-order chi connectivity index (χ1) is 20.5. The maximum Gasteiger partial charge on any atom is 0.306 e. The number of nitrogens with one attached hydrogen (secondary N) is 2. The number of ether oxygens (including phenoxy) is 1. The van der Waals surface area contributed by atoms with E-state index in [1.807, 2.05) is 31.6 Å². The highest BCUT2D eigenvalue weighted by molar-refractivity contribution is 6.25. The number of hydrogen-bond donors (Lipinski definition) is 2. The van der Waals surface area contributed by atoms with E-state index in [2.05, 4.69) is 20.9 Å². The van der Waals surface area contributed by atoms with Crippen LogP contribution in [0.5, 0.6) is 0 Å². The van der Waals surface area contributed by atoms with Crippen LogP contribution in [0.4, 0.5) is 5.69 Å². The van der Waals surface area contributed by atoms with Crippen molar-refractivity contribution < 1.29 is 28.7 Å². The second-order valence-corrected chi connectivity index (χ2v) is 12.2. The summed E-state index contributed by atoms with van der Waals surface area (Å²) in [7, 11) is 0. The van der Waals surface area contributed by atoms with Gasteiger partial charge in [0.25, 0.3) is 11.8 Å². The lowest BCUT2D eigenvalue weighted by atomic mass is 10.0. The number of unbranched alkanes of at least 4 members (excludes halogenated alkanes) is 7. The van der Waals surface area contributed by atoms with Crippen LogP contribution in [0, 0.1) is 0 Å². The molecule has 2 N–H and O–H groups in total. The van der Waals surface area contributed by atoms with Crippen LogP contribution in [0.3, 0.4) is 0 Å². The minimum atomic E-state index is -1.01. The smallest absolute Gasteiger partial charge is 0.306 e. The SMILES string of the molecule is CC(C)(C)OC(=O)CCCCCCCCCCn1cc(CNc2cccc3c2C(=O)N(C2CCC(=O)NC2=O)C3=O)nn1. The number of fused-ring (bicyclic) bond motifs is 1. The number of carbonyl (C=O) groups excluding carboxylic acids is 5. The van der Waals surface area contributed by atoms with E-state index in [0.717, 1.165) is 56.4 Å². The Kier molecular flexibility index (Phi) is 10.7. The van der Waals surface area contributed by atoms with Crippen LogP contribution in [-0.2, 0) is 32.2 Å². The van der Waals surface area contributed by atoms with Gasteiger partial charge in [-0.2, -0.15) is 0 Å². The highest BCUT2D eigenvalue weighted by atomic mass is 16.6. The van der Waals surface area contributed by atoms with Gasteiger partial charge in [-0.05, 0) is 52.2 Å². The average Bonchev–Trinajstić information content (AvgIpc) is 3.50. The summed E-state index contributed by atoms with van der Waals surface area (Å²) in [5, 5.41) is 13.8. The number of hydrogen-bond acceptors (Lipinski definition) is 9. The zero-order valence-corrected chi connectivity index (χ0v) is 25.3. The van der Waals surface area contributed by atoms with E-state index >= 15 is 0 Å². The Hall–Kier alpha value is -4.09. The summed E-state index contributed by atoms with van der Waals surface area (Å²) in [5.41, 5.74) is 1.20. The Balaban J connectivity index is 1.15. The second kappa shape index (κ2) is 14.4. The highest BCUT2D eigenvalue weighted by Gasteiger charge is 2.45. The molecule has 232 valence electrons. The van der Waals surface area contributed by atoms with Crippen LogP contribution in [-0.4, -0.2) is 61.1 Å². The predicted octanol–water partition coefficient (Wildman–Crippen LogP) is 4.14. The maximum absolute atomic E-state index is 13.2. The molecule has 0 radical (unpaired) electrons. The molecule has 4 rings (SSSR count). The summed E-state index contributed by atoms with van der Waals surface area (Å²) in [4.78, 5) is 62.8. The quantitative estimate of drug-likeness (QED) is 0.176. The van der Waals surface area contributed by atoms with Gasteiger partial charge >= 0.3 is 5.97 Å². The van der Waals surface area contributed by atoms with E-state index in [-0.39, 0.29) is 29.9 Å². The molecule has 4 amide bonds. The normalized spacial score (nSPS) is 16.8. The zero-order valence-electron chi connectivity index (χ0n) is 25.3. The van der Waals surface area contributed by atoms with E-state index in [1.54, 1.807) is 18.2 Å². The summed E-state index contributed by atoms with van der Waals surface area (Å²) >= 11 is 0. The van der Waals surface area contributed by atoms with Crippen molar-refractivity contribution in [2.75, 3.05) is 5.32 Å². The third kappa shape index (κ3) is 8.71. The molecule has 1 saturated heterocycles. The molecule has 2 aromatic rings. The van der Waals surface area contributed by atoms with Gasteiger partial charge in [-0.1, -0.05) is 49.8 Å². The highest BCUT2D eigenvalue weighted by Crippen LogP contribution is 2.32. The summed E-state index contributed by atoms with van der Waals surface area (Å²) in [5.74, 6) is -2.25. The van der Waals surface area contributed by atoms with Crippen LogP contribution in [0.25, 0.3) is 0 Å². The minimum Gasteiger partial charge on any atom is -0.460 e. The standard InChI is InChI=1S/C31H42N6O6/c1-31(2,3)43-26(39)15-10-8-6-4-5-7-9-11-18-36-20-21(34-35-36)19-32-23-14-12-13-22-27(23)30(42)37(29(22)41)24-16-17-25(38)33-28(24)40/h12-14,20,24,32H,4-11,15-19H2,1-3H3,(H,33,38,40). The van der Waals surface area contributed by atoms with E-state index in [0.29, 0.717) is 24.3 Å². The molecule has 12 nitrogen and oxygen atoms in total. The molecule has 12 heteroatoms. The molecule has 2 aliphatic rings. The number of piperidine rings is 1. The third-order valence-electron chi connectivity index (χ3n) is 7.45. The maximum atomic E-state index is 13.2. The van der Waals surface area contributed by atoms with E-state index in [9.17, 15) is 24.0 Å². The van der Waals surface area contributed by atoms with Crippen molar-refractivity contribution in [1.82, 2.24) is 25.2 Å². The Labute approximate surface area is 251 Å². The Morgan fingerprint density at radius 2 is 1.70 bits per heavy atom. The van der Waals surface area contributed by atoms with Crippen LogP contribution >= 0.6 is 0 Å². The van der Waals surface area contributed by atoms with Crippen LogP contribution in [0.15, 0.2) is 24.4 Å². The Morgan fingerprint density at radius 3 is 2.40 bits per heavy atom. The van der Waals surface area contributed by atoms with Gasteiger partial charge in [0.2, 0.25) is 11.8 Å². The third-order valence-corrected chi connectivity index (χ3v) is 7.45. The van der Waals surface area contributed by atoms with Crippen LogP contribution < -0.4 is 10.6 Å². The summed E-state index contributed by atoms with van der Waals surface area (Å²) in [6.07, 6.45) is 11.2. The molecule has 0 bridgehead atoms. The lowest BCUT2D eigenvalue weighted by molar-refractivity contribution is -0.155. The van der Waals surface area contributed by atoms with Crippen molar-refractivity contribution in [3.05, 3.63) is 41.2 Å². The second-order valence-electron chi connectivity index (χ2n) is 12.2. The van der Waals surface area contributed by atoms with Gasteiger partial charge < -0.3 is 10.1 Å². The minimum absolute atomic E-state index is 0.0727.